The normalized spacial score (nSPS) is 20.2. The number of hydrogen-bond acceptors (Lipinski definition) is 3. The Kier molecular flexibility index (Phi) is 6.52. The fraction of sp³-hybridized carbons (Fsp3) is 0.650. The molecule has 1 aliphatic carbocycles. The van der Waals surface area contributed by atoms with E-state index >= 15 is 0 Å². The fourth-order valence-electron chi connectivity index (χ4n) is 4.01. The van der Waals surface area contributed by atoms with Gasteiger partial charge in [0, 0.05) is 19.1 Å². The van der Waals surface area contributed by atoms with Crippen molar-refractivity contribution in [3.05, 3.63) is 30.1 Å². The quantitative estimate of drug-likeness (QED) is 0.766. The number of piperidine rings is 1. The second kappa shape index (κ2) is 8.69. The molecule has 1 aromatic rings. The lowest BCUT2D eigenvalue weighted by Gasteiger charge is -2.36. The molecule has 2 aliphatic rings. The smallest absolute Gasteiger partial charge is 0.243 e. The van der Waals surface area contributed by atoms with Gasteiger partial charge in [-0.05, 0) is 55.9 Å². The molecule has 0 N–H and O–H groups in total. The van der Waals surface area contributed by atoms with Gasteiger partial charge in [-0.1, -0.05) is 26.2 Å². The van der Waals surface area contributed by atoms with Crippen molar-refractivity contribution in [2.24, 2.45) is 5.92 Å². The molecule has 7 heteroatoms. The lowest BCUT2D eigenvalue weighted by atomic mass is 9.95. The highest BCUT2D eigenvalue weighted by atomic mass is 32.2. The molecule has 1 aliphatic heterocycles. The molecule has 2 fully saturated rings. The third kappa shape index (κ3) is 4.88. The van der Waals surface area contributed by atoms with Crippen LogP contribution in [0.2, 0.25) is 0 Å². The number of hydrogen-bond donors (Lipinski definition) is 0. The minimum atomic E-state index is -3.84. The van der Waals surface area contributed by atoms with Crippen molar-refractivity contribution in [2.45, 2.75) is 62.8 Å². The van der Waals surface area contributed by atoms with Crippen molar-refractivity contribution >= 4 is 15.9 Å². The summed E-state index contributed by atoms with van der Waals surface area (Å²) in [7, 11) is -3.84. The molecule has 0 spiro atoms. The Morgan fingerprint density at radius 3 is 2.26 bits per heavy atom. The van der Waals surface area contributed by atoms with Crippen LogP contribution in [-0.4, -0.2) is 49.2 Å². The Morgan fingerprint density at radius 1 is 1.07 bits per heavy atom. The number of carbonyl (C=O) groups excluding carboxylic acids is 1. The van der Waals surface area contributed by atoms with Crippen LogP contribution in [-0.2, 0) is 14.8 Å². The SMILES string of the molecule is CC1CCN(C(=O)CN(C2CCCCC2)S(=O)(=O)c2ccc(F)cc2)CC1. The summed E-state index contributed by atoms with van der Waals surface area (Å²) in [6.45, 7) is 3.43. The van der Waals surface area contributed by atoms with Crippen molar-refractivity contribution in [3.63, 3.8) is 0 Å². The zero-order valence-electron chi connectivity index (χ0n) is 15.9. The van der Waals surface area contributed by atoms with Crippen LogP contribution >= 0.6 is 0 Å². The number of sulfonamides is 1. The van der Waals surface area contributed by atoms with Gasteiger partial charge in [0.1, 0.15) is 5.82 Å². The Bertz CT molecular complexity index is 737. The van der Waals surface area contributed by atoms with Crippen LogP contribution in [0.25, 0.3) is 0 Å². The monoisotopic (exact) mass is 396 g/mol. The molecule has 0 atom stereocenters. The maximum atomic E-state index is 13.2. The minimum Gasteiger partial charge on any atom is -0.342 e. The highest BCUT2D eigenvalue weighted by Crippen LogP contribution is 2.28. The van der Waals surface area contributed by atoms with Gasteiger partial charge in [-0.3, -0.25) is 4.79 Å². The third-order valence-corrected chi connectivity index (χ3v) is 7.74. The molecule has 1 saturated heterocycles. The van der Waals surface area contributed by atoms with E-state index in [4.69, 9.17) is 0 Å². The molecule has 3 rings (SSSR count). The van der Waals surface area contributed by atoms with Gasteiger partial charge in [-0.2, -0.15) is 4.31 Å². The maximum absolute atomic E-state index is 13.2. The van der Waals surface area contributed by atoms with E-state index in [9.17, 15) is 17.6 Å². The first-order valence-electron chi connectivity index (χ1n) is 9.93. The molecule has 150 valence electrons. The van der Waals surface area contributed by atoms with Crippen LogP contribution in [0.5, 0.6) is 0 Å². The van der Waals surface area contributed by atoms with Crippen molar-refractivity contribution in [1.29, 1.82) is 0 Å². The first-order valence-corrected chi connectivity index (χ1v) is 11.4. The van der Waals surface area contributed by atoms with Gasteiger partial charge in [0.05, 0.1) is 11.4 Å². The summed E-state index contributed by atoms with van der Waals surface area (Å²) in [6.07, 6.45) is 6.49. The summed E-state index contributed by atoms with van der Waals surface area (Å²) in [6, 6.07) is 4.71. The predicted octanol–water partition coefficient (Wildman–Crippen LogP) is 3.41. The minimum absolute atomic E-state index is 0.0505. The van der Waals surface area contributed by atoms with Gasteiger partial charge in [0.2, 0.25) is 15.9 Å². The fourth-order valence-corrected chi connectivity index (χ4v) is 5.65. The van der Waals surface area contributed by atoms with E-state index in [2.05, 4.69) is 6.92 Å². The van der Waals surface area contributed by atoms with Crippen LogP contribution in [0, 0.1) is 11.7 Å². The van der Waals surface area contributed by atoms with Gasteiger partial charge in [-0.15, -0.1) is 0 Å². The summed E-state index contributed by atoms with van der Waals surface area (Å²) in [5.41, 5.74) is 0. The van der Waals surface area contributed by atoms with Crippen LogP contribution in [0.1, 0.15) is 51.9 Å². The van der Waals surface area contributed by atoms with Gasteiger partial charge in [0.25, 0.3) is 0 Å². The Morgan fingerprint density at radius 2 is 1.67 bits per heavy atom. The van der Waals surface area contributed by atoms with Gasteiger partial charge in [-0.25, -0.2) is 12.8 Å². The molecule has 1 heterocycles. The number of carbonyl (C=O) groups is 1. The zero-order valence-corrected chi connectivity index (χ0v) is 16.8. The van der Waals surface area contributed by atoms with Gasteiger partial charge >= 0.3 is 0 Å². The summed E-state index contributed by atoms with van der Waals surface area (Å²) < 4.78 is 41.1. The molecule has 0 bridgehead atoms. The van der Waals surface area contributed by atoms with Crippen LogP contribution in [0.3, 0.4) is 0 Å². The van der Waals surface area contributed by atoms with E-state index in [1.165, 1.54) is 16.4 Å². The number of benzene rings is 1. The maximum Gasteiger partial charge on any atom is 0.243 e. The Balaban J connectivity index is 1.82. The Labute approximate surface area is 161 Å². The molecule has 1 aromatic carbocycles. The first kappa shape index (κ1) is 20.3. The molecular formula is C20H29FN2O3S. The van der Waals surface area contributed by atoms with E-state index in [0.717, 1.165) is 57.1 Å². The summed E-state index contributed by atoms with van der Waals surface area (Å²) in [5, 5.41) is 0. The average Bonchev–Trinajstić information content (AvgIpc) is 2.67. The molecular weight excluding hydrogens is 367 g/mol. The lowest BCUT2D eigenvalue weighted by molar-refractivity contribution is -0.133. The topological polar surface area (TPSA) is 57.7 Å². The van der Waals surface area contributed by atoms with Crippen LogP contribution in [0.15, 0.2) is 29.2 Å². The molecule has 1 amide bonds. The number of amides is 1. The summed E-state index contributed by atoms with van der Waals surface area (Å²) in [5.74, 6) is 0.00119. The van der Waals surface area contributed by atoms with E-state index in [-0.39, 0.29) is 23.4 Å². The first-order chi connectivity index (χ1) is 12.9. The highest BCUT2D eigenvalue weighted by Gasteiger charge is 2.35. The van der Waals surface area contributed by atoms with Gasteiger partial charge < -0.3 is 4.90 Å². The van der Waals surface area contributed by atoms with Crippen molar-refractivity contribution in [1.82, 2.24) is 9.21 Å². The second-order valence-electron chi connectivity index (χ2n) is 7.86. The van der Waals surface area contributed by atoms with Crippen LogP contribution < -0.4 is 0 Å². The van der Waals surface area contributed by atoms with Crippen molar-refractivity contribution in [2.75, 3.05) is 19.6 Å². The second-order valence-corrected chi connectivity index (χ2v) is 9.75. The van der Waals surface area contributed by atoms with Crippen LogP contribution in [0.4, 0.5) is 4.39 Å². The van der Waals surface area contributed by atoms with E-state index in [0.29, 0.717) is 19.0 Å². The Hall–Kier alpha value is -1.47. The highest BCUT2D eigenvalue weighted by molar-refractivity contribution is 7.89. The van der Waals surface area contributed by atoms with E-state index in [1.54, 1.807) is 4.90 Å². The number of rotatable bonds is 5. The lowest BCUT2D eigenvalue weighted by Crippen LogP contribution is -2.49. The predicted molar refractivity (Wildman–Crippen MR) is 102 cm³/mol. The van der Waals surface area contributed by atoms with E-state index < -0.39 is 15.8 Å². The third-order valence-electron chi connectivity index (χ3n) is 5.83. The number of likely N-dealkylation sites (tertiary alicyclic amines) is 1. The molecule has 0 radical (unpaired) electrons. The molecule has 5 nitrogen and oxygen atoms in total. The van der Waals surface area contributed by atoms with Crippen molar-refractivity contribution < 1.29 is 17.6 Å². The zero-order chi connectivity index (χ0) is 19.4. The molecule has 27 heavy (non-hydrogen) atoms. The molecule has 1 saturated carbocycles. The summed E-state index contributed by atoms with van der Waals surface area (Å²) >= 11 is 0. The standard InChI is InChI=1S/C20H29FN2O3S/c1-16-11-13-22(14-12-16)20(24)15-23(18-5-3-2-4-6-18)27(25,26)19-9-7-17(21)8-10-19/h7-10,16,18H,2-6,11-15H2,1H3. The van der Waals surface area contributed by atoms with Gasteiger partial charge in [0.15, 0.2) is 0 Å². The number of nitrogens with zero attached hydrogens (tertiary/aromatic N) is 2. The molecule has 0 aromatic heterocycles. The largest absolute Gasteiger partial charge is 0.342 e. The number of halogens is 1. The average molecular weight is 397 g/mol. The van der Waals surface area contributed by atoms with Crippen molar-refractivity contribution in [3.8, 4) is 0 Å². The molecule has 0 unspecified atom stereocenters. The van der Waals surface area contributed by atoms with E-state index in [1.807, 2.05) is 0 Å². The summed E-state index contributed by atoms with van der Waals surface area (Å²) in [4.78, 5) is 14.7.